The number of rotatable bonds is 4. The largest absolute Gasteiger partial charge is 0.402 e. The molecule has 5 nitrogen and oxygen atoms in total. The van der Waals surface area contributed by atoms with E-state index in [0.29, 0.717) is 0 Å². The first kappa shape index (κ1) is 14.9. The summed E-state index contributed by atoms with van der Waals surface area (Å²) in [5.74, 6) is 0. The highest BCUT2D eigenvalue weighted by Crippen LogP contribution is 2.23. The summed E-state index contributed by atoms with van der Waals surface area (Å²) in [7, 11) is -4.37. The molecule has 102 valence electrons. The zero-order valence-corrected chi connectivity index (χ0v) is 10.3. The highest BCUT2D eigenvalue weighted by molar-refractivity contribution is 7.90. The molecule has 0 spiro atoms. The Morgan fingerprint density at radius 3 is 2.50 bits per heavy atom. The second-order valence-electron chi connectivity index (χ2n) is 3.27. The van der Waals surface area contributed by atoms with Crippen molar-refractivity contribution < 1.29 is 21.6 Å². The number of hydrogen-bond acceptors (Lipinski definition) is 3. The van der Waals surface area contributed by atoms with Gasteiger partial charge in [0.2, 0.25) is 0 Å². The van der Waals surface area contributed by atoms with E-state index in [0.717, 1.165) is 0 Å². The molecule has 0 bridgehead atoms. The molecule has 0 fully saturated rings. The van der Waals surface area contributed by atoms with Gasteiger partial charge in [-0.1, -0.05) is 11.6 Å². The van der Waals surface area contributed by atoms with Gasteiger partial charge in [-0.25, -0.2) is 0 Å². The van der Waals surface area contributed by atoms with Gasteiger partial charge in [-0.05, 0) is 18.2 Å². The van der Waals surface area contributed by atoms with Crippen molar-refractivity contribution >= 4 is 33.2 Å². The molecule has 0 heterocycles. The third-order valence-corrected chi connectivity index (χ3v) is 2.97. The summed E-state index contributed by atoms with van der Waals surface area (Å²) in [5.41, 5.74) is 5.38. The van der Waals surface area contributed by atoms with Gasteiger partial charge >= 0.3 is 6.18 Å². The van der Waals surface area contributed by atoms with Gasteiger partial charge in [0.25, 0.3) is 10.2 Å². The molecule has 0 atom stereocenters. The maximum Gasteiger partial charge on any atom is 0.402 e. The van der Waals surface area contributed by atoms with E-state index in [1.165, 1.54) is 22.9 Å². The molecule has 1 rings (SSSR count). The number of nitrogens with one attached hydrogen (secondary N) is 2. The van der Waals surface area contributed by atoms with Crippen LogP contribution in [0.1, 0.15) is 0 Å². The highest BCUT2D eigenvalue weighted by Gasteiger charge is 2.29. The number of nitrogens with two attached hydrogens (primary N) is 1. The number of anilines is 2. The quantitative estimate of drug-likeness (QED) is 0.741. The number of nitrogen functional groups attached to an aromatic ring is 1. The molecule has 0 aliphatic rings. The molecule has 0 aliphatic heterocycles. The molecular weight excluding hydrogens is 295 g/mol. The normalized spacial score (nSPS) is 12.4. The van der Waals surface area contributed by atoms with E-state index in [2.05, 4.69) is 0 Å². The van der Waals surface area contributed by atoms with Crippen molar-refractivity contribution in [3.63, 3.8) is 0 Å². The van der Waals surface area contributed by atoms with Crippen molar-refractivity contribution in [3.8, 4) is 0 Å². The van der Waals surface area contributed by atoms with Crippen LogP contribution in [0.15, 0.2) is 18.2 Å². The SMILES string of the molecule is Nc1ccc(Cl)cc1NS(=O)(=O)NCC(F)(F)F. The summed E-state index contributed by atoms with van der Waals surface area (Å²) in [5, 5.41) is 0.192. The Morgan fingerprint density at radius 2 is 1.94 bits per heavy atom. The van der Waals surface area contributed by atoms with Gasteiger partial charge < -0.3 is 5.73 Å². The maximum atomic E-state index is 11.9. The van der Waals surface area contributed by atoms with Crippen LogP contribution in [0.25, 0.3) is 0 Å². The van der Waals surface area contributed by atoms with Gasteiger partial charge in [0.05, 0.1) is 11.4 Å². The summed E-state index contributed by atoms with van der Waals surface area (Å²) in [4.78, 5) is 0. The lowest BCUT2D eigenvalue weighted by molar-refractivity contribution is -0.121. The molecule has 0 aromatic heterocycles. The molecule has 0 unspecified atom stereocenters. The predicted octanol–water partition coefficient (Wildman–Crippen LogP) is 1.73. The number of benzene rings is 1. The number of alkyl halides is 3. The van der Waals surface area contributed by atoms with E-state index >= 15 is 0 Å². The Labute approximate surface area is 106 Å². The first-order valence-electron chi connectivity index (χ1n) is 4.48. The average molecular weight is 304 g/mol. The Kier molecular flexibility index (Phi) is 4.30. The van der Waals surface area contributed by atoms with E-state index in [4.69, 9.17) is 17.3 Å². The van der Waals surface area contributed by atoms with Gasteiger partial charge in [0.1, 0.15) is 6.54 Å². The molecular formula is C8H9ClF3N3O2S. The third-order valence-electron chi connectivity index (χ3n) is 1.72. The minimum atomic E-state index is -4.64. The van der Waals surface area contributed by atoms with Crippen LogP contribution in [0.5, 0.6) is 0 Å². The van der Waals surface area contributed by atoms with Crippen molar-refractivity contribution in [2.45, 2.75) is 6.18 Å². The first-order chi connectivity index (χ1) is 8.09. The van der Waals surface area contributed by atoms with Crippen LogP contribution < -0.4 is 15.2 Å². The minimum absolute atomic E-state index is 0.0387. The van der Waals surface area contributed by atoms with Crippen LogP contribution in [-0.4, -0.2) is 21.1 Å². The van der Waals surface area contributed by atoms with Crippen LogP contribution in [0, 0.1) is 0 Å². The van der Waals surface area contributed by atoms with Crippen molar-refractivity contribution in [3.05, 3.63) is 23.2 Å². The van der Waals surface area contributed by atoms with Crippen molar-refractivity contribution in [1.82, 2.24) is 4.72 Å². The van der Waals surface area contributed by atoms with Crippen molar-refractivity contribution in [2.24, 2.45) is 0 Å². The fraction of sp³-hybridized carbons (Fsp3) is 0.250. The number of hydrogen-bond donors (Lipinski definition) is 3. The van der Waals surface area contributed by atoms with Crippen LogP contribution in [0.2, 0.25) is 5.02 Å². The summed E-state index contributed by atoms with van der Waals surface area (Å²) < 4.78 is 61.4. The monoisotopic (exact) mass is 303 g/mol. The van der Waals surface area contributed by atoms with E-state index in [1.807, 2.05) is 4.72 Å². The molecule has 0 saturated heterocycles. The maximum absolute atomic E-state index is 11.9. The molecule has 18 heavy (non-hydrogen) atoms. The Balaban J connectivity index is 2.80. The van der Waals surface area contributed by atoms with Gasteiger partial charge in [-0.15, -0.1) is 0 Å². The lowest BCUT2D eigenvalue weighted by Gasteiger charge is -2.12. The van der Waals surface area contributed by atoms with Crippen LogP contribution in [0.3, 0.4) is 0 Å². The Hall–Kier alpha value is -1.19. The van der Waals surface area contributed by atoms with Gasteiger partial charge in [-0.3, -0.25) is 4.72 Å². The molecule has 0 aliphatic carbocycles. The summed E-state index contributed by atoms with van der Waals surface area (Å²) in [6.07, 6.45) is -4.64. The summed E-state index contributed by atoms with van der Waals surface area (Å²) >= 11 is 5.60. The lowest BCUT2D eigenvalue weighted by Crippen LogP contribution is -2.37. The van der Waals surface area contributed by atoms with E-state index in [-0.39, 0.29) is 16.4 Å². The van der Waals surface area contributed by atoms with Crippen molar-refractivity contribution in [2.75, 3.05) is 17.0 Å². The highest BCUT2D eigenvalue weighted by atomic mass is 35.5. The molecule has 4 N–H and O–H groups in total. The first-order valence-corrected chi connectivity index (χ1v) is 6.34. The summed E-state index contributed by atoms with van der Waals surface area (Å²) in [6, 6.07) is 3.92. The fourth-order valence-corrected chi connectivity index (χ4v) is 2.04. The average Bonchev–Trinajstić information content (AvgIpc) is 2.20. The standard InChI is InChI=1S/C8H9ClF3N3O2S/c9-5-1-2-6(13)7(3-5)15-18(16,17)14-4-8(10,11)12/h1-3,14-15H,4,13H2. The second-order valence-corrected chi connectivity index (χ2v) is 5.21. The zero-order chi connectivity index (χ0) is 14.0. The zero-order valence-electron chi connectivity index (χ0n) is 8.75. The predicted molar refractivity (Wildman–Crippen MR) is 62.5 cm³/mol. The van der Waals surface area contributed by atoms with Crippen LogP contribution in [0.4, 0.5) is 24.5 Å². The summed E-state index contributed by atoms with van der Waals surface area (Å²) in [6.45, 7) is -1.68. The van der Waals surface area contributed by atoms with Crippen LogP contribution in [-0.2, 0) is 10.2 Å². The molecule has 0 amide bonds. The molecule has 10 heteroatoms. The van der Waals surface area contributed by atoms with Gasteiger partial charge in [0, 0.05) is 5.02 Å². The van der Waals surface area contributed by atoms with Gasteiger partial charge in [0.15, 0.2) is 0 Å². The lowest BCUT2D eigenvalue weighted by atomic mass is 10.3. The Morgan fingerprint density at radius 1 is 1.33 bits per heavy atom. The number of halogens is 4. The minimum Gasteiger partial charge on any atom is -0.397 e. The molecule has 0 saturated carbocycles. The molecule has 0 radical (unpaired) electrons. The second kappa shape index (κ2) is 5.21. The molecule has 1 aromatic carbocycles. The van der Waals surface area contributed by atoms with E-state index < -0.39 is 22.9 Å². The van der Waals surface area contributed by atoms with Crippen molar-refractivity contribution in [1.29, 1.82) is 0 Å². The van der Waals surface area contributed by atoms with E-state index in [1.54, 1.807) is 0 Å². The van der Waals surface area contributed by atoms with Crippen LogP contribution >= 0.6 is 11.6 Å². The topological polar surface area (TPSA) is 84.2 Å². The third kappa shape index (κ3) is 4.98. The Bertz CT molecular complexity index is 533. The van der Waals surface area contributed by atoms with Gasteiger partial charge in [-0.2, -0.15) is 26.3 Å². The fourth-order valence-electron chi connectivity index (χ4n) is 0.975. The smallest absolute Gasteiger partial charge is 0.397 e. The molecule has 1 aromatic rings. The van der Waals surface area contributed by atoms with E-state index in [9.17, 15) is 21.6 Å².